The molecule has 0 saturated carbocycles. The fourth-order valence-corrected chi connectivity index (χ4v) is 1.09. The lowest BCUT2D eigenvalue weighted by Crippen LogP contribution is -2.31. The van der Waals surface area contributed by atoms with Gasteiger partial charge in [-0.1, -0.05) is 0 Å². The van der Waals surface area contributed by atoms with Crippen LogP contribution in [0.15, 0.2) is 0 Å². The summed E-state index contributed by atoms with van der Waals surface area (Å²) in [5, 5.41) is 0. The average molecular weight is 194 g/mol. The average Bonchev–Trinajstić information content (AvgIpc) is 2.37. The van der Waals surface area contributed by atoms with Crippen molar-refractivity contribution >= 4 is 24.3 Å². The van der Waals surface area contributed by atoms with Gasteiger partial charge in [0.05, 0.1) is 7.11 Å². The number of rotatable bonds is 2. The van der Waals surface area contributed by atoms with Crippen LogP contribution < -0.4 is 0 Å². The molecule has 0 aromatic rings. The van der Waals surface area contributed by atoms with Crippen LogP contribution >= 0.6 is 12.4 Å². The van der Waals surface area contributed by atoms with E-state index in [1.807, 2.05) is 0 Å². The van der Waals surface area contributed by atoms with Gasteiger partial charge in [0.2, 0.25) is 5.91 Å². The Bertz CT molecular complexity index is 183. The standard InChI is InChI=1S/C7H11NO3.ClH/c1-11-7(10)5-8-4-2-3-6(8)9;/h2-5H2,1H3;1H. The van der Waals surface area contributed by atoms with Crippen molar-refractivity contribution in [2.24, 2.45) is 0 Å². The Balaban J connectivity index is 0.00000121. The van der Waals surface area contributed by atoms with E-state index in [0.29, 0.717) is 13.0 Å². The molecule has 1 fully saturated rings. The predicted molar refractivity (Wildman–Crippen MR) is 45.1 cm³/mol. The molecule has 0 aromatic heterocycles. The van der Waals surface area contributed by atoms with Crippen molar-refractivity contribution in [1.29, 1.82) is 0 Å². The highest BCUT2D eigenvalue weighted by atomic mass is 35.5. The Labute approximate surface area is 77.3 Å². The molecule has 70 valence electrons. The van der Waals surface area contributed by atoms with E-state index in [4.69, 9.17) is 0 Å². The minimum atomic E-state index is -0.347. The molecule has 5 heteroatoms. The molecular formula is C7H12ClNO3. The molecule has 12 heavy (non-hydrogen) atoms. The molecule has 1 saturated heterocycles. The van der Waals surface area contributed by atoms with Gasteiger partial charge >= 0.3 is 5.97 Å². The number of esters is 1. The SMILES string of the molecule is COC(=O)CN1CCCC1=O.Cl. The summed E-state index contributed by atoms with van der Waals surface area (Å²) in [6.45, 7) is 0.795. The van der Waals surface area contributed by atoms with Gasteiger partial charge in [0.1, 0.15) is 6.54 Å². The monoisotopic (exact) mass is 193 g/mol. The molecule has 0 spiro atoms. The number of carbonyl (C=O) groups excluding carboxylic acids is 2. The Hall–Kier alpha value is -0.770. The minimum Gasteiger partial charge on any atom is -0.468 e. The number of methoxy groups -OCH3 is 1. The van der Waals surface area contributed by atoms with Crippen molar-refractivity contribution in [3.8, 4) is 0 Å². The molecule has 0 aromatic carbocycles. The topological polar surface area (TPSA) is 46.6 Å². The van der Waals surface area contributed by atoms with Crippen LogP contribution in [0.2, 0.25) is 0 Å². The third-order valence-corrected chi connectivity index (χ3v) is 1.72. The maximum Gasteiger partial charge on any atom is 0.325 e. The molecule has 0 atom stereocenters. The number of ether oxygens (including phenoxy) is 1. The second-order valence-electron chi connectivity index (χ2n) is 2.49. The smallest absolute Gasteiger partial charge is 0.325 e. The Kier molecular flexibility index (Phi) is 4.66. The molecule has 1 aliphatic rings. The van der Waals surface area contributed by atoms with Crippen molar-refractivity contribution in [3.63, 3.8) is 0 Å². The Morgan fingerprint density at radius 2 is 2.33 bits per heavy atom. The number of nitrogens with zero attached hydrogens (tertiary/aromatic N) is 1. The van der Waals surface area contributed by atoms with Crippen molar-refractivity contribution in [1.82, 2.24) is 4.90 Å². The fraction of sp³-hybridized carbons (Fsp3) is 0.714. The van der Waals surface area contributed by atoms with E-state index >= 15 is 0 Å². The molecule has 1 aliphatic heterocycles. The Morgan fingerprint density at radius 3 is 2.75 bits per heavy atom. The zero-order chi connectivity index (χ0) is 8.27. The maximum absolute atomic E-state index is 10.9. The predicted octanol–water partition coefficient (Wildman–Crippen LogP) is 0.204. The van der Waals surface area contributed by atoms with Crippen molar-refractivity contribution < 1.29 is 14.3 Å². The van der Waals surface area contributed by atoms with Gasteiger partial charge in [-0.15, -0.1) is 12.4 Å². The molecule has 0 unspecified atom stereocenters. The summed E-state index contributed by atoms with van der Waals surface area (Å²) in [5.41, 5.74) is 0. The number of carbonyl (C=O) groups is 2. The number of hydrogen-bond acceptors (Lipinski definition) is 3. The summed E-state index contributed by atoms with van der Waals surface area (Å²) in [6, 6.07) is 0. The number of hydrogen-bond donors (Lipinski definition) is 0. The Morgan fingerprint density at radius 1 is 1.67 bits per heavy atom. The molecule has 1 rings (SSSR count). The van der Waals surface area contributed by atoms with Crippen LogP contribution in [0.4, 0.5) is 0 Å². The van der Waals surface area contributed by atoms with E-state index in [1.165, 1.54) is 12.0 Å². The zero-order valence-electron chi connectivity index (χ0n) is 6.91. The molecule has 0 radical (unpaired) electrons. The van der Waals surface area contributed by atoms with Gasteiger partial charge in [-0.25, -0.2) is 0 Å². The number of amides is 1. The van der Waals surface area contributed by atoms with Gasteiger partial charge in [0.15, 0.2) is 0 Å². The summed E-state index contributed by atoms with van der Waals surface area (Å²) in [7, 11) is 1.32. The van der Waals surface area contributed by atoms with Crippen molar-refractivity contribution in [2.45, 2.75) is 12.8 Å². The van der Waals surface area contributed by atoms with E-state index in [9.17, 15) is 9.59 Å². The highest BCUT2D eigenvalue weighted by molar-refractivity contribution is 5.85. The van der Waals surface area contributed by atoms with Crippen LogP contribution in [0.1, 0.15) is 12.8 Å². The molecule has 4 nitrogen and oxygen atoms in total. The van der Waals surface area contributed by atoms with Gasteiger partial charge in [0, 0.05) is 13.0 Å². The van der Waals surface area contributed by atoms with Gasteiger partial charge in [-0.05, 0) is 6.42 Å². The van der Waals surface area contributed by atoms with Crippen LogP contribution in [0.3, 0.4) is 0 Å². The number of likely N-dealkylation sites (tertiary alicyclic amines) is 1. The second kappa shape index (κ2) is 4.98. The van der Waals surface area contributed by atoms with E-state index in [0.717, 1.165) is 6.42 Å². The molecule has 1 amide bonds. The lowest BCUT2D eigenvalue weighted by Gasteiger charge is -2.12. The third kappa shape index (κ3) is 2.70. The van der Waals surface area contributed by atoms with Crippen LogP contribution in [-0.4, -0.2) is 37.0 Å². The van der Waals surface area contributed by atoms with Crippen LogP contribution in [-0.2, 0) is 14.3 Å². The lowest BCUT2D eigenvalue weighted by molar-refractivity contribution is -0.145. The summed E-state index contributed by atoms with van der Waals surface area (Å²) in [5.74, 6) is -0.296. The van der Waals surface area contributed by atoms with Crippen LogP contribution in [0, 0.1) is 0 Å². The summed E-state index contributed by atoms with van der Waals surface area (Å²) >= 11 is 0. The summed E-state index contributed by atoms with van der Waals surface area (Å²) in [6.07, 6.45) is 1.42. The van der Waals surface area contributed by atoms with E-state index in [2.05, 4.69) is 4.74 Å². The number of halogens is 1. The summed E-state index contributed by atoms with van der Waals surface area (Å²) in [4.78, 5) is 23.2. The first-order chi connectivity index (χ1) is 5.24. The molecule has 0 aliphatic carbocycles. The van der Waals surface area contributed by atoms with Gasteiger partial charge in [0.25, 0.3) is 0 Å². The van der Waals surface area contributed by atoms with Crippen molar-refractivity contribution in [3.05, 3.63) is 0 Å². The highest BCUT2D eigenvalue weighted by Crippen LogP contribution is 2.08. The molecule has 0 bridgehead atoms. The van der Waals surface area contributed by atoms with Gasteiger partial charge in [-0.2, -0.15) is 0 Å². The quantitative estimate of drug-likeness (QED) is 0.589. The molecular weight excluding hydrogens is 182 g/mol. The molecule has 0 N–H and O–H groups in total. The van der Waals surface area contributed by atoms with Crippen LogP contribution in [0.5, 0.6) is 0 Å². The second-order valence-corrected chi connectivity index (χ2v) is 2.49. The largest absolute Gasteiger partial charge is 0.468 e. The fourth-order valence-electron chi connectivity index (χ4n) is 1.09. The molecule has 1 heterocycles. The highest BCUT2D eigenvalue weighted by Gasteiger charge is 2.22. The first-order valence-electron chi connectivity index (χ1n) is 3.58. The normalized spacial score (nSPS) is 15.8. The first-order valence-corrected chi connectivity index (χ1v) is 3.58. The maximum atomic E-state index is 10.9. The minimum absolute atomic E-state index is 0. The van der Waals surface area contributed by atoms with Gasteiger partial charge in [-0.3, -0.25) is 9.59 Å². The zero-order valence-corrected chi connectivity index (χ0v) is 7.73. The van der Waals surface area contributed by atoms with E-state index < -0.39 is 0 Å². The van der Waals surface area contributed by atoms with Crippen molar-refractivity contribution in [2.75, 3.05) is 20.2 Å². The van der Waals surface area contributed by atoms with E-state index in [-0.39, 0.29) is 30.8 Å². The van der Waals surface area contributed by atoms with Gasteiger partial charge < -0.3 is 9.64 Å². The summed E-state index contributed by atoms with van der Waals surface area (Å²) < 4.78 is 4.43. The van der Waals surface area contributed by atoms with Crippen LogP contribution in [0.25, 0.3) is 0 Å². The third-order valence-electron chi connectivity index (χ3n) is 1.72. The first kappa shape index (κ1) is 11.2. The lowest BCUT2D eigenvalue weighted by atomic mass is 10.4. The van der Waals surface area contributed by atoms with E-state index in [1.54, 1.807) is 0 Å².